The van der Waals surface area contributed by atoms with Crippen molar-refractivity contribution in [1.29, 1.82) is 0 Å². The topological polar surface area (TPSA) is 38.1 Å². The summed E-state index contributed by atoms with van der Waals surface area (Å²) in [6.07, 6.45) is 0.0916. The first kappa shape index (κ1) is 14.1. The van der Waals surface area contributed by atoms with Crippen LogP contribution in [0.1, 0.15) is 30.8 Å². The number of para-hydroxylation sites is 2. The van der Waals surface area contributed by atoms with Crippen LogP contribution in [-0.4, -0.2) is 14.7 Å². The van der Waals surface area contributed by atoms with Crippen LogP contribution in [0.3, 0.4) is 0 Å². The number of aliphatic hydroxyl groups excluding tert-OH is 1. The van der Waals surface area contributed by atoms with Gasteiger partial charge in [0.25, 0.3) is 0 Å². The van der Waals surface area contributed by atoms with Crippen LogP contribution in [0.25, 0.3) is 11.0 Å². The summed E-state index contributed by atoms with van der Waals surface area (Å²) < 4.78 is 2.08. The van der Waals surface area contributed by atoms with Crippen molar-refractivity contribution in [3.63, 3.8) is 0 Å². The molecule has 0 saturated carbocycles. The van der Waals surface area contributed by atoms with Gasteiger partial charge in [-0.3, -0.25) is 0 Å². The predicted octanol–water partition coefficient (Wildman–Crippen LogP) is 4.18. The van der Waals surface area contributed by atoms with E-state index in [0.717, 1.165) is 21.6 Å². The maximum Gasteiger partial charge on any atom is 0.139 e. The quantitative estimate of drug-likeness (QED) is 0.785. The number of fused-ring (bicyclic) bond motifs is 1. The highest BCUT2D eigenvalue weighted by Crippen LogP contribution is 2.24. The molecule has 0 aliphatic carbocycles. The van der Waals surface area contributed by atoms with Crippen molar-refractivity contribution < 1.29 is 5.11 Å². The molecule has 0 spiro atoms. The van der Waals surface area contributed by atoms with Gasteiger partial charge in [-0.2, -0.15) is 0 Å². The summed E-state index contributed by atoms with van der Waals surface area (Å²) in [4.78, 5) is 4.58. The minimum atomic E-state index is -0.551. The molecule has 0 radical (unpaired) electrons. The third kappa shape index (κ3) is 2.80. The Labute approximate surface area is 128 Å². The van der Waals surface area contributed by atoms with Crippen molar-refractivity contribution in [1.82, 2.24) is 9.55 Å². The van der Waals surface area contributed by atoms with Crippen LogP contribution in [0, 0.1) is 0 Å². The van der Waals surface area contributed by atoms with E-state index in [1.54, 1.807) is 0 Å². The lowest BCUT2D eigenvalue weighted by Gasteiger charge is -2.12. The highest BCUT2D eigenvalue weighted by atomic mass is 35.5. The van der Waals surface area contributed by atoms with Gasteiger partial charge < -0.3 is 9.67 Å². The van der Waals surface area contributed by atoms with Gasteiger partial charge >= 0.3 is 0 Å². The number of hydrogen-bond donors (Lipinski definition) is 1. The van der Waals surface area contributed by atoms with Crippen LogP contribution in [0.15, 0.2) is 48.5 Å². The standard InChI is InChI=1S/C17H17ClN2O/c1-2-16(21)17-19-14-5-3-4-6-15(14)20(17)11-12-7-9-13(18)10-8-12/h3-10,16,21H,2,11H2,1H3. The lowest BCUT2D eigenvalue weighted by atomic mass is 10.2. The lowest BCUT2D eigenvalue weighted by Crippen LogP contribution is -2.09. The summed E-state index contributed by atoms with van der Waals surface area (Å²) >= 11 is 5.93. The molecule has 0 aliphatic rings. The second kappa shape index (κ2) is 5.88. The van der Waals surface area contributed by atoms with Gasteiger partial charge in [-0.25, -0.2) is 4.98 Å². The van der Waals surface area contributed by atoms with Crippen LogP contribution in [0.2, 0.25) is 5.02 Å². The number of halogens is 1. The average molecular weight is 301 g/mol. The number of aromatic nitrogens is 2. The lowest BCUT2D eigenvalue weighted by molar-refractivity contribution is 0.160. The van der Waals surface area contributed by atoms with E-state index >= 15 is 0 Å². The number of hydrogen-bond acceptors (Lipinski definition) is 2. The minimum Gasteiger partial charge on any atom is -0.385 e. The Balaban J connectivity index is 2.08. The van der Waals surface area contributed by atoms with Crippen molar-refractivity contribution in [2.75, 3.05) is 0 Å². The van der Waals surface area contributed by atoms with Gasteiger partial charge in [-0.05, 0) is 36.2 Å². The average Bonchev–Trinajstić information content (AvgIpc) is 2.88. The molecular weight excluding hydrogens is 284 g/mol. The summed E-state index contributed by atoms with van der Waals surface area (Å²) in [5, 5.41) is 11.0. The third-order valence-electron chi connectivity index (χ3n) is 3.62. The Morgan fingerprint density at radius 1 is 1.14 bits per heavy atom. The summed E-state index contributed by atoms with van der Waals surface area (Å²) in [6.45, 7) is 2.63. The van der Waals surface area contributed by atoms with Crippen molar-refractivity contribution in [3.05, 3.63) is 64.9 Å². The zero-order valence-corrected chi connectivity index (χ0v) is 12.6. The molecule has 0 amide bonds. The second-order valence-electron chi connectivity index (χ2n) is 5.10. The molecule has 2 aromatic carbocycles. The van der Waals surface area contributed by atoms with Crippen molar-refractivity contribution in [2.45, 2.75) is 26.0 Å². The van der Waals surface area contributed by atoms with Crippen LogP contribution in [0.4, 0.5) is 0 Å². The Morgan fingerprint density at radius 2 is 1.86 bits per heavy atom. The van der Waals surface area contributed by atoms with E-state index in [2.05, 4.69) is 9.55 Å². The SMILES string of the molecule is CCC(O)c1nc2ccccc2n1Cc1ccc(Cl)cc1. The summed E-state index contributed by atoms with van der Waals surface area (Å²) in [5.41, 5.74) is 3.08. The highest BCUT2D eigenvalue weighted by molar-refractivity contribution is 6.30. The van der Waals surface area contributed by atoms with Crippen molar-refractivity contribution >= 4 is 22.6 Å². The molecular formula is C17H17ClN2O. The number of rotatable bonds is 4. The maximum atomic E-state index is 10.2. The van der Waals surface area contributed by atoms with E-state index in [9.17, 15) is 5.11 Å². The molecule has 21 heavy (non-hydrogen) atoms. The fraction of sp³-hybridized carbons (Fsp3) is 0.235. The fourth-order valence-corrected chi connectivity index (χ4v) is 2.60. The summed E-state index contributed by atoms with van der Waals surface area (Å²) in [5.74, 6) is 0.716. The van der Waals surface area contributed by atoms with Gasteiger partial charge in [0.15, 0.2) is 0 Å². The molecule has 1 unspecified atom stereocenters. The van der Waals surface area contributed by atoms with Gasteiger partial charge in [0, 0.05) is 11.6 Å². The Bertz CT molecular complexity index is 749. The Morgan fingerprint density at radius 3 is 2.57 bits per heavy atom. The largest absolute Gasteiger partial charge is 0.385 e. The van der Waals surface area contributed by atoms with E-state index < -0.39 is 6.10 Å². The number of aliphatic hydroxyl groups is 1. The van der Waals surface area contributed by atoms with Gasteiger partial charge in [0.1, 0.15) is 11.9 Å². The van der Waals surface area contributed by atoms with Gasteiger partial charge in [-0.15, -0.1) is 0 Å². The molecule has 0 saturated heterocycles. The molecule has 4 heteroatoms. The van der Waals surface area contributed by atoms with Crippen LogP contribution in [0.5, 0.6) is 0 Å². The van der Waals surface area contributed by atoms with Crippen molar-refractivity contribution in [2.24, 2.45) is 0 Å². The maximum absolute atomic E-state index is 10.2. The summed E-state index contributed by atoms with van der Waals surface area (Å²) in [7, 11) is 0. The third-order valence-corrected chi connectivity index (χ3v) is 3.87. The van der Waals surface area contributed by atoms with Crippen molar-refractivity contribution in [3.8, 4) is 0 Å². The normalized spacial score (nSPS) is 12.7. The van der Waals surface area contributed by atoms with Crippen LogP contribution < -0.4 is 0 Å². The number of imidazole rings is 1. The van der Waals surface area contributed by atoms with E-state index in [0.29, 0.717) is 18.8 Å². The first-order chi connectivity index (χ1) is 10.2. The molecule has 1 heterocycles. The summed E-state index contributed by atoms with van der Waals surface area (Å²) in [6, 6.07) is 15.7. The molecule has 3 nitrogen and oxygen atoms in total. The molecule has 0 fully saturated rings. The molecule has 108 valence electrons. The van der Waals surface area contributed by atoms with Gasteiger partial charge in [0.05, 0.1) is 11.0 Å². The van der Waals surface area contributed by atoms with E-state index in [4.69, 9.17) is 11.6 Å². The molecule has 0 bridgehead atoms. The van der Waals surface area contributed by atoms with E-state index in [1.807, 2.05) is 55.5 Å². The minimum absolute atomic E-state index is 0.551. The van der Waals surface area contributed by atoms with E-state index in [1.165, 1.54) is 0 Å². The number of nitrogens with zero attached hydrogens (tertiary/aromatic N) is 2. The zero-order chi connectivity index (χ0) is 14.8. The van der Waals surface area contributed by atoms with Crippen LogP contribution in [-0.2, 0) is 6.54 Å². The molecule has 1 aromatic heterocycles. The molecule has 3 rings (SSSR count). The number of benzene rings is 2. The van der Waals surface area contributed by atoms with E-state index in [-0.39, 0.29) is 0 Å². The Hall–Kier alpha value is -1.84. The smallest absolute Gasteiger partial charge is 0.139 e. The second-order valence-corrected chi connectivity index (χ2v) is 5.53. The molecule has 0 aliphatic heterocycles. The first-order valence-electron chi connectivity index (χ1n) is 7.06. The van der Waals surface area contributed by atoms with Crippen LogP contribution >= 0.6 is 11.6 Å². The molecule has 1 atom stereocenters. The zero-order valence-electron chi connectivity index (χ0n) is 11.8. The first-order valence-corrected chi connectivity index (χ1v) is 7.44. The predicted molar refractivity (Wildman–Crippen MR) is 85.5 cm³/mol. The molecule has 1 N–H and O–H groups in total. The monoisotopic (exact) mass is 300 g/mol. The Kier molecular flexibility index (Phi) is 3.95. The molecule has 3 aromatic rings. The van der Waals surface area contributed by atoms with Gasteiger partial charge in [-0.1, -0.05) is 42.8 Å². The van der Waals surface area contributed by atoms with Gasteiger partial charge in [0.2, 0.25) is 0 Å². The highest BCUT2D eigenvalue weighted by Gasteiger charge is 2.16. The fourth-order valence-electron chi connectivity index (χ4n) is 2.47.